The summed E-state index contributed by atoms with van der Waals surface area (Å²) in [7, 11) is 1.42. The molecule has 0 radical (unpaired) electrons. The van der Waals surface area contributed by atoms with Crippen LogP contribution in [0, 0.1) is 11.7 Å². The highest BCUT2D eigenvalue weighted by Crippen LogP contribution is 2.51. The number of carbonyl (C=O) groups excluding carboxylic acids is 3. The maximum absolute atomic E-state index is 14.6. The standard InChI is InChI=1S/C28H29FN2O7/c1-37-22-11-15(14-33)10-18-23-19(27(35)30-8-9-32)12-21(24(34)26(23)38-25(18)22)31(28(36)16-6-7-16)13-17-4-2-3-5-20(17)29/h2-5,10-12,14,16,21,23-24,26,32,34H,6-9,13H2,1H3,(H,30,35). The lowest BCUT2D eigenvalue weighted by atomic mass is 9.77. The third-order valence-electron chi connectivity index (χ3n) is 7.28. The molecule has 3 N–H and O–H groups in total. The van der Waals surface area contributed by atoms with Crippen molar-refractivity contribution in [3.05, 3.63) is 70.6 Å². The zero-order valence-corrected chi connectivity index (χ0v) is 20.8. The van der Waals surface area contributed by atoms with Gasteiger partial charge in [-0.3, -0.25) is 14.4 Å². The molecule has 2 amide bonds. The van der Waals surface area contributed by atoms with Crippen molar-refractivity contribution in [3.63, 3.8) is 0 Å². The lowest BCUT2D eigenvalue weighted by Crippen LogP contribution is -2.55. The normalized spacial score (nSPS) is 23.4. The van der Waals surface area contributed by atoms with Crippen LogP contribution in [0.15, 0.2) is 48.0 Å². The summed E-state index contributed by atoms with van der Waals surface area (Å²) < 4.78 is 26.2. The van der Waals surface area contributed by atoms with Gasteiger partial charge in [-0.25, -0.2) is 4.39 Å². The number of benzene rings is 2. The molecule has 5 rings (SSSR count). The maximum atomic E-state index is 14.6. The van der Waals surface area contributed by atoms with Crippen LogP contribution in [-0.4, -0.2) is 71.7 Å². The Bertz CT molecular complexity index is 1290. The number of carbonyl (C=O) groups is 3. The van der Waals surface area contributed by atoms with Gasteiger partial charge in [0.1, 0.15) is 24.3 Å². The van der Waals surface area contributed by atoms with Crippen molar-refractivity contribution >= 4 is 18.1 Å². The second kappa shape index (κ2) is 10.5. The zero-order chi connectivity index (χ0) is 27.0. The molecule has 1 fully saturated rings. The van der Waals surface area contributed by atoms with Crippen molar-refractivity contribution in [2.24, 2.45) is 5.92 Å². The van der Waals surface area contributed by atoms with E-state index in [2.05, 4.69) is 5.32 Å². The number of fused-ring (bicyclic) bond motifs is 3. The Morgan fingerprint density at radius 3 is 2.68 bits per heavy atom. The molecular weight excluding hydrogens is 495 g/mol. The number of halogens is 1. The highest BCUT2D eigenvalue weighted by atomic mass is 19.1. The average molecular weight is 525 g/mol. The lowest BCUT2D eigenvalue weighted by molar-refractivity contribution is -0.139. The van der Waals surface area contributed by atoms with Gasteiger partial charge in [0, 0.05) is 41.3 Å². The van der Waals surface area contributed by atoms with E-state index in [-0.39, 0.29) is 48.4 Å². The highest BCUT2D eigenvalue weighted by Gasteiger charge is 2.52. The molecule has 2 aromatic rings. The number of aliphatic hydroxyl groups excluding tert-OH is 2. The molecule has 9 nitrogen and oxygen atoms in total. The van der Waals surface area contributed by atoms with Crippen LogP contribution in [0.4, 0.5) is 4.39 Å². The van der Waals surface area contributed by atoms with Crippen molar-refractivity contribution in [3.8, 4) is 11.5 Å². The van der Waals surface area contributed by atoms with Crippen LogP contribution in [0.5, 0.6) is 11.5 Å². The van der Waals surface area contributed by atoms with Gasteiger partial charge in [-0.15, -0.1) is 0 Å². The van der Waals surface area contributed by atoms with E-state index in [0.717, 1.165) is 0 Å². The average Bonchev–Trinajstić information content (AvgIpc) is 3.71. The number of nitrogens with zero attached hydrogens (tertiary/aromatic N) is 1. The monoisotopic (exact) mass is 524 g/mol. The van der Waals surface area contributed by atoms with Gasteiger partial charge in [-0.1, -0.05) is 18.2 Å². The van der Waals surface area contributed by atoms with Crippen molar-refractivity contribution in [1.82, 2.24) is 10.2 Å². The number of aldehydes is 1. The summed E-state index contributed by atoms with van der Waals surface area (Å²) in [5, 5.41) is 23.5. The Hall–Kier alpha value is -3.76. The van der Waals surface area contributed by atoms with Gasteiger partial charge in [0.25, 0.3) is 0 Å². The van der Waals surface area contributed by atoms with Gasteiger partial charge in [-0.05, 0) is 37.1 Å². The van der Waals surface area contributed by atoms with Crippen molar-refractivity contribution < 1.29 is 38.5 Å². The quantitative estimate of drug-likeness (QED) is 0.427. The Kier molecular flexibility index (Phi) is 7.18. The first-order valence-corrected chi connectivity index (χ1v) is 12.5. The van der Waals surface area contributed by atoms with Crippen LogP contribution in [0.1, 0.15) is 40.2 Å². The first-order chi connectivity index (χ1) is 18.4. The van der Waals surface area contributed by atoms with Crippen LogP contribution in [0.2, 0.25) is 0 Å². The summed E-state index contributed by atoms with van der Waals surface area (Å²) in [5.41, 5.74) is 1.29. The molecule has 10 heteroatoms. The Balaban J connectivity index is 1.60. The van der Waals surface area contributed by atoms with E-state index in [4.69, 9.17) is 9.47 Å². The van der Waals surface area contributed by atoms with Gasteiger partial charge in [0.05, 0.1) is 25.7 Å². The number of aliphatic hydroxyl groups is 2. The summed E-state index contributed by atoms with van der Waals surface area (Å²) in [6, 6.07) is 8.20. The molecule has 1 aliphatic heterocycles. The smallest absolute Gasteiger partial charge is 0.247 e. The van der Waals surface area contributed by atoms with Gasteiger partial charge in [-0.2, -0.15) is 0 Å². The van der Waals surface area contributed by atoms with Crippen LogP contribution in [0.25, 0.3) is 0 Å². The van der Waals surface area contributed by atoms with Gasteiger partial charge in [0.2, 0.25) is 11.8 Å². The van der Waals surface area contributed by atoms with Crippen LogP contribution in [-0.2, 0) is 16.1 Å². The van der Waals surface area contributed by atoms with Crippen LogP contribution in [0.3, 0.4) is 0 Å². The van der Waals surface area contributed by atoms with Crippen molar-refractivity contribution in [2.75, 3.05) is 20.3 Å². The topological polar surface area (TPSA) is 125 Å². The number of hydrogen-bond acceptors (Lipinski definition) is 7. The van der Waals surface area contributed by atoms with Crippen LogP contribution < -0.4 is 14.8 Å². The molecule has 1 saturated carbocycles. The number of amides is 2. The Morgan fingerprint density at radius 2 is 2.03 bits per heavy atom. The summed E-state index contributed by atoms with van der Waals surface area (Å²) in [4.78, 5) is 39.8. The summed E-state index contributed by atoms with van der Waals surface area (Å²) in [6.45, 7) is -0.393. The molecule has 38 heavy (non-hydrogen) atoms. The second-order valence-electron chi connectivity index (χ2n) is 9.73. The lowest BCUT2D eigenvalue weighted by Gasteiger charge is -2.41. The molecule has 1 heterocycles. The van der Waals surface area contributed by atoms with Gasteiger partial charge < -0.3 is 29.9 Å². The number of hydrogen-bond donors (Lipinski definition) is 3. The molecule has 200 valence electrons. The Morgan fingerprint density at radius 1 is 1.26 bits per heavy atom. The minimum absolute atomic E-state index is 0.00780. The van der Waals surface area contributed by atoms with E-state index in [9.17, 15) is 29.0 Å². The number of ether oxygens (including phenoxy) is 2. The maximum Gasteiger partial charge on any atom is 0.247 e. The fraction of sp³-hybridized carbons (Fsp3) is 0.393. The van der Waals surface area contributed by atoms with E-state index in [1.165, 1.54) is 30.2 Å². The fourth-order valence-electron chi connectivity index (χ4n) is 5.26. The van der Waals surface area contributed by atoms with Crippen molar-refractivity contribution in [2.45, 2.75) is 43.6 Å². The predicted octanol–water partition coefficient (Wildman–Crippen LogP) is 1.71. The summed E-state index contributed by atoms with van der Waals surface area (Å²) in [6.07, 6.45) is 1.31. The Labute approximate surface area is 218 Å². The van der Waals surface area contributed by atoms with Gasteiger partial charge in [0.15, 0.2) is 11.5 Å². The SMILES string of the molecule is COc1cc(C=O)cc2c1OC1C2C(C(=O)NCCO)=CC(N(Cc2ccccc2F)C(=O)C2CC2)C1O. The molecule has 0 saturated heterocycles. The van der Waals surface area contributed by atoms with E-state index >= 15 is 0 Å². The number of nitrogens with one attached hydrogen (secondary N) is 1. The van der Waals surface area contributed by atoms with E-state index < -0.39 is 35.9 Å². The van der Waals surface area contributed by atoms with E-state index in [1.807, 2.05) is 0 Å². The largest absolute Gasteiger partial charge is 0.493 e. The highest BCUT2D eigenvalue weighted by molar-refractivity contribution is 5.96. The molecule has 0 spiro atoms. The molecule has 2 aromatic carbocycles. The first kappa shape index (κ1) is 25.9. The van der Waals surface area contributed by atoms with E-state index in [0.29, 0.717) is 36.0 Å². The van der Waals surface area contributed by atoms with Crippen LogP contribution >= 0.6 is 0 Å². The molecule has 4 unspecified atom stereocenters. The fourth-order valence-corrected chi connectivity index (χ4v) is 5.26. The first-order valence-electron chi connectivity index (χ1n) is 12.5. The van der Waals surface area contributed by atoms with Crippen molar-refractivity contribution in [1.29, 1.82) is 0 Å². The molecule has 0 bridgehead atoms. The number of rotatable bonds is 9. The summed E-state index contributed by atoms with van der Waals surface area (Å²) >= 11 is 0. The molecule has 4 atom stereocenters. The molecule has 3 aliphatic rings. The third-order valence-corrected chi connectivity index (χ3v) is 7.28. The third kappa shape index (κ3) is 4.65. The molecule has 0 aromatic heterocycles. The number of methoxy groups -OCH3 is 1. The summed E-state index contributed by atoms with van der Waals surface area (Å²) in [5.74, 6) is -1.66. The predicted molar refractivity (Wildman–Crippen MR) is 133 cm³/mol. The molecular formula is C28H29FN2O7. The second-order valence-corrected chi connectivity index (χ2v) is 9.73. The zero-order valence-electron chi connectivity index (χ0n) is 20.8. The molecule has 2 aliphatic carbocycles. The van der Waals surface area contributed by atoms with Gasteiger partial charge >= 0.3 is 0 Å². The minimum atomic E-state index is -1.28. The minimum Gasteiger partial charge on any atom is -0.493 e. The van der Waals surface area contributed by atoms with E-state index in [1.54, 1.807) is 24.3 Å².